The van der Waals surface area contributed by atoms with Crippen molar-refractivity contribution in [3.8, 4) is 85.1 Å². The van der Waals surface area contributed by atoms with Crippen LogP contribution in [-0.4, -0.2) is 53.1 Å². The number of carbonyl (C=O) groups excluding carboxylic acids is 2. The molecule has 0 bridgehead atoms. The summed E-state index contributed by atoms with van der Waals surface area (Å²) in [6, 6.07) is 113. The molecule has 0 N–H and O–H groups in total. The van der Waals surface area contributed by atoms with E-state index in [-0.39, 0.29) is 34.9 Å². The second-order valence-electron chi connectivity index (χ2n) is 36.6. The number of nitrogens with zero attached hydrogens (tertiary/aromatic N) is 9. The number of esters is 2. The molecule has 14 aromatic carbocycles. The minimum absolute atomic E-state index is 0.100. The number of anilines is 6. The lowest BCUT2D eigenvalue weighted by atomic mass is 9.33. The van der Waals surface area contributed by atoms with Crippen LogP contribution in [0.4, 0.5) is 34.1 Å². The van der Waals surface area contributed by atoms with E-state index >= 15 is 9.59 Å². The Morgan fingerprint density at radius 1 is 0.290 bits per heavy atom. The summed E-state index contributed by atoms with van der Waals surface area (Å²) in [6.07, 6.45) is 0. The van der Waals surface area contributed by atoms with Gasteiger partial charge in [-0.05, 0) is 180 Å². The number of hydrogen-bond donors (Lipinski definition) is 0. The van der Waals surface area contributed by atoms with Gasteiger partial charge in [0.15, 0.2) is 34.9 Å². The molecule has 2 aliphatic heterocycles. The predicted octanol–water partition coefficient (Wildman–Crippen LogP) is 24.8. The topological polar surface area (TPSA) is 141 Å². The van der Waals surface area contributed by atoms with Crippen LogP contribution in [-0.2, 0) is 44.3 Å². The molecule has 0 saturated carbocycles. The molecule has 0 aliphatic carbocycles. The summed E-state index contributed by atoms with van der Waals surface area (Å²) >= 11 is 0. The Hall–Kier alpha value is -14.5. The van der Waals surface area contributed by atoms with Crippen molar-refractivity contribution in [1.29, 1.82) is 0 Å². The number of fused-ring (bicyclic) bond motifs is 7. The van der Waals surface area contributed by atoms with Crippen molar-refractivity contribution in [2.24, 2.45) is 0 Å². The summed E-state index contributed by atoms with van der Waals surface area (Å²) < 4.78 is 14.9. The lowest BCUT2D eigenvalue weighted by Crippen LogP contribution is -2.61. The Bertz CT molecular complexity index is 6630. The van der Waals surface area contributed by atoms with Gasteiger partial charge in [0.1, 0.15) is 13.2 Å². The normalized spacial score (nSPS) is 12.6. The minimum atomic E-state index is -0.444. The molecule has 3 aromatic heterocycles. The highest BCUT2D eigenvalue weighted by Gasteiger charge is 2.45. The van der Waals surface area contributed by atoms with E-state index in [1.54, 1.807) is 0 Å². The van der Waals surface area contributed by atoms with Crippen molar-refractivity contribution in [3.05, 3.63) is 372 Å². The first-order chi connectivity index (χ1) is 59.8. The number of benzene rings is 14. The predicted molar refractivity (Wildman–Crippen MR) is 506 cm³/mol. The summed E-state index contributed by atoms with van der Waals surface area (Å²) in [7, 11) is 0. The van der Waals surface area contributed by atoms with E-state index in [0.29, 0.717) is 51.6 Å². The Morgan fingerprint density at radius 2 is 0.645 bits per heavy atom. The smallest absolute Gasteiger partial charge is 0.338 e. The third kappa shape index (κ3) is 15.3. The van der Waals surface area contributed by atoms with Crippen molar-refractivity contribution >= 4 is 91.0 Å². The zero-order chi connectivity index (χ0) is 85.5. The Labute approximate surface area is 725 Å². The highest BCUT2D eigenvalue weighted by molar-refractivity contribution is 7.00. The van der Waals surface area contributed by atoms with E-state index in [1.807, 2.05) is 206 Å². The molecule has 124 heavy (non-hydrogen) atoms. The zero-order valence-electron chi connectivity index (χ0n) is 71.8. The molecular formula is C110H94BN9O4. The van der Waals surface area contributed by atoms with Gasteiger partial charge in [0, 0.05) is 78.3 Å². The van der Waals surface area contributed by atoms with Gasteiger partial charge in [0.25, 0.3) is 6.71 Å². The summed E-state index contributed by atoms with van der Waals surface area (Å²) in [6.45, 7) is 27.1. The second-order valence-corrected chi connectivity index (χ2v) is 36.6. The molecule has 14 heteroatoms. The maximum atomic E-state index is 15.1. The van der Waals surface area contributed by atoms with Crippen molar-refractivity contribution in [3.63, 3.8) is 0 Å². The van der Waals surface area contributed by atoms with Gasteiger partial charge in [-0.3, -0.25) is 0 Å². The number of hydrogen-bond acceptors (Lipinski definition) is 12. The lowest BCUT2D eigenvalue weighted by molar-refractivity contribution is 0.0464. The van der Waals surface area contributed by atoms with Gasteiger partial charge in [-0.2, -0.15) is 0 Å². The van der Waals surface area contributed by atoms with Crippen LogP contribution in [0.2, 0.25) is 0 Å². The number of carbonyl (C=O) groups is 2. The van der Waals surface area contributed by atoms with E-state index < -0.39 is 18.7 Å². The SMILES string of the molecule is CC(C)(C)c1cc(N2c3cc(C(=O)OCc4ccccc4)ccc3B3c4ccc(C(=O)OCc5ccccc5)cc4N(c4cc(C(C)(C)C)cc(C(C)(C)C)c4)c4cc(-c5ccc6c(c5)c5ccccc5n6-c5ccc(-c6nc(-c7ccccc7)nc(-c7ccccc7)n6)cc5-c5nc(-c6ccccc6)nc(-c6ccccc6)n5)cc2c43)cc(C(C)(C)C)c1. The number of para-hydroxylation sites is 1. The third-order valence-electron chi connectivity index (χ3n) is 23.9. The van der Waals surface area contributed by atoms with Crippen molar-refractivity contribution in [2.45, 2.75) is 118 Å². The van der Waals surface area contributed by atoms with Crippen LogP contribution in [0.25, 0.3) is 107 Å². The van der Waals surface area contributed by atoms with Gasteiger partial charge in [0.05, 0.1) is 27.8 Å². The lowest BCUT2D eigenvalue weighted by Gasteiger charge is -2.45. The fraction of sp³-hybridized carbons (Fsp3) is 0.164. The van der Waals surface area contributed by atoms with Gasteiger partial charge in [-0.25, -0.2) is 39.5 Å². The molecule has 606 valence electrons. The number of ether oxygens (including phenoxy) is 2. The monoisotopic (exact) mass is 1620 g/mol. The Morgan fingerprint density at radius 3 is 1.05 bits per heavy atom. The fourth-order valence-electron chi connectivity index (χ4n) is 17.1. The number of aromatic nitrogens is 7. The van der Waals surface area contributed by atoms with Crippen LogP contribution in [0, 0.1) is 0 Å². The van der Waals surface area contributed by atoms with Crippen LogP contribution in [0.5, 0.6) is 0 Å². The summed E-state index contributed by atoms with van der Waals surface area (Å²) in [4.78, 5) is 66.8. The highest BCUT2D eigenvalue weighted by atomic mass is 16.5. The largest absolute Gasteiger partial charge is 0.457 e. The standard InChI is InChI=1S/C110H94BN9O4/c1-107(2,3)80-61-81(108(4,5)6)64-84(63-80)118-94-57-77(105(121)123-67-69-33-19-13-20-34-69)47-51-89(94)111-90-52-48-78(106(122)124-68-70-35-21-14-22-36-70)58-95(90)119(85-65-82(109(7,8)9)62-83(66-85)110(10,11)12)97-60-79(59-96(118)98(97)111)75-49-53-92-87(55-75)86-45-31-32-46-91(86)120(92)93-54-50-76(103-114-99(71-37-23-15-24-38-71)112-100(115-103)72-39-25-16-26-40-72)56-88(93)104-116-101(73-41-27-17-28-42-73)113-102(117-104)74-43-29-18-30-44-74/h13-66H,67-68H2,1-12H3. The number of rotatable bonds is 16. The van der Waals surface area contributed by atoms with Crippen LogP contribution in [0.3, 0.4) is 0 Å². The summed E-state index contributed by atoms with van der Waals surface area (Å²) in [5.41, 5.74) is 23.9. The molecular weight excluding hydrogens is 1520 g/mol. The second kappa shape index (κ2) is 31.5. The Balaban J connectivity index is 0.880. The van der Waals surface area contributed by atoms with Gasteiger partial charge in [-0.15, -0.1) is 0 Å². The van der Waals surface area contributed by atoms with Crippen LogP contribution >= 0.6 is 0 Å². The van der Waals surface area contributed by atoms with Crippen molar-refractivity contribution in [1.82, 2.24) is 34.5 Å². The molecule has 0 saturated heterocycles. The maximum absolute atomic E-state index is 15.1. The van der Waals surface area contributed by atoms with Crippen LogP contribution in [0.1, 0.15) is 137 Å². The van der Waals surface area contributed by atoms with E-state index in [0.717, 1.165) is 150 Å². The molecule has 0 spiro atoms. The van der Waals surface area contributed by atoms with E-state index in [4.69, 9.17) is 39.4 Å². The van der Waals surface area contributed by atoms with Crippen molar-refractivity contribution in [2.75, 3.05) is 9.80 Å². The van der Waals surface area contributed by atoms with Crippen LogP contribution < -0.4 is 26.2 Å². The molecule has 5 heterocycles. The molecule has 17 aromatic rings. The summed E-state index contributed by atoms with van der Waals surface area (Å²) in [5, 5.41) is 2.02. The fourth-order valence-corrected chi connectivity index (χ4v) is 17.1. The first kappa shape index (κ1) is 79.3. The Kier molecular flexibility index (Phi) is 20.1. The average Bonchev–Trinajstić information content (AvgIpc) is 0.774. The molecule has 0 unspecified atom stereocenters. The molecule has 0 atom stereocenters. The average molecular weight is 1620 g/mol. The molecule has 2 aliphatic rings. The zero-order valence-corrected chi connectivity index (χ0v) is 71.8. The van der Waals surface area contributed by atoms with Crippen LogP contribution in [0.15, 0.2) is 328 Å². The van der Waals surface area contributed by atoms with Gasteiger partial charge in [0.2, 0.25) is 0 Å². The van der Waals surface area contributed by atoms with E-state index in [9.17, 15) is 0 Å². The van der Waals surface area contributed by atoms with Gasteiger partial charge < -0.3 is 23.8 Å². The van der Waals surface area contributed by atoms with Gasteiger partial charge in [-0.1, -0.05) is 314 Å². The molecule has 19 rings (SSSR count). The molecule has 13 nitrogen and oxygen atoms in total. The maximum Gasteiger partial charge on any atom is 0.338 e. The third-order valence-corrected chi connectivity index (χ3v) is 23.9. The molecule has 0 radical (unpaired) electrons. The van der Waals surface area contributed by atoms with E-state index in [2.05, 4.69) is 219 Å². The first-order valence-electron chi connectivity index (χ1n) is 42.5. The highest BCUT2D eigenvalue weighted by Crippen LogP contribution is 2.51. The first-order valence-corrected chi connectivity index (χ1v) is 42.5. The molecule has 0 fully saturated rings. The molecule has 0 amide bonds. The van der Waals surface area contributed by atoms with Gasteiger partial charge >= 0.3 is 11.9 Å². The summed E-state index contributed by atoms with van der Waals surface area (Å²) in [5.74, 6) is 2.15. The van der Waals surface area contributed by atoms with Crippen molar-refractivity contribution < 1.29 is 19.1 Å². The minimum Gasteiger partial charge on any atom is -0.457 e. The quantitative estimate of drug-likeness (QED) is 0.0671. The van der Waals surface area contributed by atoms with E-state index in [1.165, 1.54) is 0 Å².